The Balaban J connectivity index is 2.10. The van der Waals surface area contributed by atoms with Gasteiger partial charge in [-0.25, -0.2) is 9.67 Å². The second-order valence-corrected chi connectivity index (χ2v) is 4.97. The van der Waals surface area contributed by atoms with Crippen molar-refractivity contribution < 1.29 is 9.47 Å². The van der Waals surface area contributed by atoms with Gasteiger partial charge in [-0.1, -0.05) is 5.21 Å². The molecular weight excluding hydrogens is 270 g/mol. The van der Waals surface area contributed by atoms with Crippen LogP contribution in [0.2, 0.25) is 0 Å². The van der Waals surface area contributed by atoms with E-state index in [0.29, 0.717) is 31.5 Å². The SMILES string of the molecule is CCOC(OCC)c1cn(Cc2cncn2C(C)C)nn1. The first-order valence-electron chi connectivity index (χ1n) is 7.29. The van der Waals surface area contributed by atoms with Crippen LogP contribution in [-0.2, 0) is 16.0 Å². The van der Waals surface area contributed by atoms with Gasteiger partial charge in [0, 0.05) is 19.3 Å². The van der Waals surface area contributed by atoms with Gasteiger partial charge in [-0.3, -0.25) is 0 Å². The first-order chi connectivity index (χ1) is 10.2. The zero-order valence-electron chi connectivity index (χ0n) is 13.1. The normalized spacial score (nSPS) is 11.7. The minimum absolute atomic E-state index is 0.366. The van der Waals surface area contributed by atoms with Crippen LogP contribution in [0.4, 0.5) is 0 Å². The summed E-state index contributed by atoms with van der Waals surface area (Å²) < 4.78 is 14.9. The molecule has 2 heterocycles. The van der Waals surface area contributed by atoms with Crippen molar-refractivity contribution in [3.8, 4) is 0 Å². The summed E-state index contributed by atoms with van der Waals surface area (Å²) in [5.41, 5.74) is 1.78. The van der Waals surface area contributed by atoms with Crippen LogP contribution < -0.4 is 0 Å². The van der Waals surface area contributed by atoms with Crippen LogP contribution in [0.25, 0.3) is 0 Å². The van der Waals surface area contributed by atoms with Crippen LogP contribution in [-0.4, -0.2) is 37.8 Å². The molecule has 0 aromatic carbocycles. The zero-order chi connectivity index (χ0) is 15.2. The fourth-order valence-corrected chi connectivity index (χ4v) is 2.11. The van der Waals surface area contributed by atoms with E-state index < -0.39 is 6.29 Å². The van der Waals surface area contributed by atoms with Crippen LogP contribution >= 0.6 is 0 Å². The van der Waals surface area contributed by atoms with Gasteiger partial charge in [0.05, 0.1) is 31.0 Å². The van der Waals surface area contributed by atoms with Crippen molar-refractivity contribution in [3.63, 3.8) is 0 Å². The topological polar surface area (TPSA) is 67.0 Å². The van der Waals surface area contributed by atoms with Crippen molar-refractivity contribution in [2.75, 3.05) is 13.2 Å². The Bertz CT molecular complexity index is 543. The maximum atomic E-state index is 5.52. The average molecular weight is 293 g/mol. The minimum atomic E-state index is -0.455. The standard InChI is InChI=1S/C14H23N5O2/c1-5-20-14(21-6-2)13-9-18(17-16-13)8-12-7-15-10-19(12)11(3)4/h7,9-11,14H,5-6,8H2,1-4H3. The summed E-state index contributed by atoms with van der Waals surface area (Å²) in [5.74, 6) is 0. The number of hydrogen-bond acceptors (Lipinski definition) is 5. The molecule has 0 saturated heterocycles. The van der Waals surface area contributed by atoms with Gasteiger partial charge in [-0.15, -0.1) is 5.10 Å². The highest BCUT2D eigenvalue weighted by atomic mass is 16.7. The predicted octanol–water partition coefficient (Wildman–Crippen LogP) is 2.18. The summed E-state index contributed by atoms with van der Waals surface area (Å²) in [6, 6.07) is 0.366. The molecule has 0 fully saturated rings. The molecule has 0 aliphatic carbocycles. The molecule has 0 N–H and O–H groups in total. The number of hydrogen-bond donors (Lipinski definition) is 0. The average Bonchev–Trinajstić information content (AvgIpc) is 3.08. The summed E-state index contributed by atoms with van der Waals surface area (Å²) in [7, 11) is 0. The molecule has 2 aromatic rings. The molecule has 7 nitrogen and oxygen atoms in total. The number of aromatic nitrogens is 5. The lowest BCUT2D eigenvalue weighted by Gasteiger charge is -2.13. The van der Waals surface area contributed by atoms with Crippen molar-refractivity contribution in [1.29, 1.82) is 0 Å². The second-order valence-electron chi connectivity index (χ2n) is 4.97. The largest absolute Gasteiger partial charge is 0.347 e. The molecule has 0 amide bonds. The molecule has 0 bridgehead atoms. The van der Waals surface area contributed by atoms with Crippen molar-refractivity contribution in [1.82, 2.24) is 24.5 Å². The summed E-state index contributed by atoms with van der Waals surface area (Å²) >= 11 is 0. The van der Waals surface area contributed by atoms with E-state index in [1.807, 2.05) is 32.6 Å². The summed E-state index contributed by atoms with van der Waals surface area (Å²) in [5, 5.41) is 8.28. The van der Waals surface area contributed by atoms with Gasteiger partial charge in [-0.2, -0.15) is 0 Å². The number of rotatable bonds is 8. The van der Waals surface area contributed by atoms with E-state index in [0.717, 1.165) is 5.69 Å². The van der Waals surface area contributed by atoms with Gasteiger partial charge >= 0.3 is 0 Å². The minimum Gasteiger partial charge on any atom is -0.347 e. The number of imidazole rings is 1. The Morgan fingerprint density at radius 3 is 2.52 bits per heavy atom. The Kier molecular flexibility index (Phi) is 5.46. The molecule has 0 spiro atoms. The number of ether oxygens (including phenoxy) is 2. The van der Waals surface area contributed by atoms with E-state index in [1.165, 1.54) is 0 Å². The monoisotopic (exact) mass is 293 g/mol. The molecule has 0 atom stereocenters. The van der Waals surface area contributed by atoms with Crippen LogP contribution in [0.3, 0.4) is 0 Å². The summed E-state index contributed by atoms with van der Waals surface area (Å²) in [6.45, 7) is 9.86. The van der Waals surface area contributed by atoms with E-state index in [9.17, 15) is 0 Å². The Morgan fingerprint density at radius 1 is 1.19 bits per heavy atom. The number of nitrogens with zero attached hydrogens (tertiary/aromatic N) is 5. The first-order valence-corrected chi connectivity index (χ1v) is 7.29. The molecule has 2 aromatic heterocycles. The lowest BCUT2D eigenvalue weighted by molar-refractivity contribution is -0.142. The van der Waals surface area contributed by atoms with Crippen LogP contribution in [0.1, 0.15) is 51.4 Å². The van der Waals surface area contributed by atoms with Gasteiger partial charge in [0.1, 0.15) is 5.69 Å². The van der Waals surface area contributed by atoms with Crippen molar-refractivity contribution >= 4 is 0 Å². The van der Waals surface area contributed by atoms with Crippen molar-refractivity contribution in [3.05, 3.63) is 30.1 Å². The molecular formula is C14H23N5O2. The van der Waals surface area contributed by atoms with Crippen molar-refractivity contribution in [2.45, 2.75) is 46.6 Å². The maximum Gasteiger partial charge on any atom is 0.204 e. The Labute approximate surface area is 124 Å². The molecule has 0 radical (unpaired) electrons. The van der Waals surface area contributed by atoms with Crippen molar-refractivity contribution in [2.24, 2.45) is 0 Å². The first kappa shape index (κ1) is 15.7. The fourth-order valence-electron chi connectivity index (χ4n) is 2.11. The quantitative estimate of drug-likeness (QED) is 0.698. The molecule has 2 rings (SSSR count). The second kappa shape index (κ2) is 7.33. The van der Waals surface area contributed by atoms with E-state index in [1.54, 1.807) is 4.68 Å². The third-order valence-corrected chi connectivity index (χ3v) is 3.06. The molecule has 0 aliphatic rings. The Hall–Kier alpha value is -1.73. The van der Waals surface area contributed by atoms with E-state index in [-0.39, 0.29) is 0 Å². The van der Waals surface area contributed by atoms with Gasteiger partial charge in [0.15, 0.2) is 0 Å². The van der Waals surface area contributed by atoms with E-state index in [4.69, 9.17) is 9.47 Å². The highest BCUT2D eigenvalue weighted by Crippen LogP contribution is 2.16. The van der Waals surface area contributed by atoms with Gasteiger partial charge in [0.25, 0.3) is 0 Å². The Morgan fingerprint density at radius 2 is 1.90 bits per heavy atom. The van der Waals surface area contributed by atoms with Gasteiger partial charge < -0.3 is 14.0 Å². The van der Waals surface area contributed by atoms with Crippen LogP contribution in [0.15, 0.2) is 18.7 Å². The lowest BCUT2D eigenvalue weighted by Crippen LogP contribution is -2.10. The predicted molar refractivity (Wildman–Crippen MR) is 77.7 cm³/mol. The lowest BCUT2D eigenvalue weighted by atomic mass is 10.3. The molecule has 0 saturated carbocycles. The zero-order valence-corrected chi connectivity index (χ0v) is 13.1. The molecule has 0 unspecified atom stereocenters. The van der Waals surface area contributed by atoms with Gasteiger partial charge in [0.2, 0.25) is 6.29 Å². The van der Waals surface area contributed by atoms with E-state index in [2.05, 4.69) is 33.7 Å². The third-order valence-electron chi connectivity index (χ3n) is 3.06. The van der Waals surface area contributed by atoms with Crippen LogP contribution in [0.5, 0.6) is 0 Å². The fraction of sp³-hybridized carbons (Fsp3) is 0.643. The highest BCUT2D eigenvalue weighted by molar-refractivity contribution is 5.02. The molecule has 21 heavy (non-hydrogen) atoms. The summed E-state index contributed by atoms with van der Waals surface area (Å²) in [6.07, 6.45) is 5.09. The summed E-state index contributed by atoms with van der Waals surface area (Å²) in [4.78, 5) is 4.19. The molecule has 0 aliphatic heterocycles. The molecule has 116 valence electrons. The maximum absolute atomic E-state index is 5.52. The third kappa shape index (κ3) is 3.89. The van der Waals surface area contributed by atoms with Crippen LogP contribution in [0, 0.1) is 0 Å². The highest BCUT2D eigenvalue weighted by Gasteiger charge is 2.16. The van der Waals surface area contributed by atoms with E-state index >= 15 is 0 Å². The molecule has 7 heteroatoms. The smallest absolute Gasteiger partial charge is 0.204 e. The van der Waals surface area contributed by atoms with Gasteiger partial charge in [-0.05, 0) is 27.7 Å².